The number of aryl methyl sites for hydroxylation is 1. The Bertz CT molecular complexity index is 831. The molecule has 1 heterocycles. The molecule has 3 rings (SSSR count). The lowest BCUT2D eigenvalue weighted by molar-refractivity contribution is 1.06. The summed E-state index contributed by atoms with van der Waals surface area (Å²) in [5, 5.41) is 13.7. The molecule has 0 fully saturated rings. The van der Waals surface area contributed by atoms with Crippen molar-refractivity contribution >= 4 is 16.6 Å². The Morgan fingerprint density at radius 1 is 1.05 bits per heavy atom. The number of benzene rings is 2. The molecule has 3 heteroatoms. The Kier molecular flexibility index (Phi) is 3.53. The number of aromatic nitrogens is 1. The highest BCUT2D eigenvalue weighted by molar-refractivity contribution is 5.78. The highest BCUT2D eigenvalue weighted by atomic mass is 14.9. The van der Waals surface area contributed by atoms with Gasteiger partial charge in [0, 0.05) is 5.39 Å². The summed E-state index contributed by atoms with van der Waals surface area (Å²) in [7, 11) is 0. The molecular formula is C18H15N3. The molecule has 102 valence electrons. The number of hydrogen-bond donors (Lipinski definition) is 1. The Balaban J connectivity index is 1.84. The van der Waals surface area contributed by atoms with Crippen LogP contribution in [0.15, 0.2) is 54.6 Å². The molecule has 0 saturated heterocycles. The molecule has 0 aliphatic carbocycles. The molecule has 0 atom stereocenters. The van der Waals surface area contributed by atoms with Crippen molar-refractivity contribution in [3.63, 3.8) is 0 Å². The van der Waals surface area contributed by atoms with Crippen molar-refractivity contribution in [2.75, 3.05) is 5.32 Å². The molecule has 1 N–H and O–H groups in total. The van der Waals surface area contributed by atoms with Crippen LogP contribution in [0.1, 0.15) is 16.8 Å². The molecule has 0 spiro atoms. The maximum absolute atomic E-state index is 9.23. The van der Waals surface area contributed by atoms with Crippen molar-refractivity contribution in [3.8, 4) is 6.07 Å². The number of para-hydroxylation sites is 1. The van der Waals surface area contributed by atoms with Crippen LogP contribution in [0.25, 0.3) is 10.9 Å². The SMILES string of the molecule is Cc1cccc(NCc2ccc3ccccc3n2)c1C#N. The van der Waals surface area contributed by atoms with Gasteiger partial charge in [-0.15, -0.1) is 0 Å². The molecule has 0 bridgehead atoms. The second-order valence-electron chi connectivity index (χ2n) is 4.96. The first kappa shape index (κ1) is 13.1. The summed E-state index contributed by atoms with van der Waals surface area (Å²) in [5.74, 6) is 0. The number of nitrogens with zero attached hydrogens (tertiary/aromatic N) is 2. The Morgan fingerprint density at radius 3 is 2.76 bits per heavy atom. The summed E-state index contributed by atoms with van der Waals surface area (Å²) in [6.07, 6.45) is 0. The minimum absolute atomic E-state index is 0.600. The molecule has 1 aromatic heterocycles. The smallest absolute Gasteiger partial charge is 0.102 e. The summed E-state index contributed by atoms with van der Waals surface area (Å²) in [6, 6.07) is 20.2. The van der Waals surface area contributed by atoms with E-state index in [0.717, 1.165) is 27.8 Å². The van der Waals surface area contributed by atoms with E-state index >= 15 is 0 Å². The molecular weight excluding hydrogens is 258 g/mol. The van der Waals surface area contributed by atoms with Crippen LogP contribution in [-0.4, -0.2) is 4.98 Å². The zero-order chi connectivity index (χ0) is 14.7. The van der Waals surface area contributed by atoms with Gasteiger partial charge in [-0.05, 0) is 30.7 Å². The third kappa shape index (κ3) is 2.70. The maximum Gasteiger partial charge on any atom is 0.102 e. The number of fused-ring (bicyclic) bond motifs is 1. The van der Waals surface area contributed by atoms with E-state index in [2.05, 4.69) is 22.4 Å². The molecule has 2 aromatic carbocycles. The second kappa shape index (κ2) is 5.64. The largest absolute Gasteiger partial charge is 0.378 e. The number of nitrogens with one attached hydrogen (secondary N) is 1. The minimum atomic E-state index is 0.600. The van der Waals surface area contributed by atoms with Crippen LogP contribution in [0.2, 0.25) is 0 Å². The van der Waals surface area contributed by atoms with Crippen molar-refractivity contribution in [1.29, 1.82) is 5.26 Å². The number of nitriles is 1. The van der Waals surface area contributed by atoms with E-state index in [4.69, 9.17) is 0 Å². The van der Waals surface area contributed by atoms with Gasteiger partial charge in [0.05, 0.1) is 29.0 Å². The molecule has 0 unspecified atom stereocenters. The Labute approximate surface area is 123 Å². The van der Waals surface area contributed by atoms with Gasteiger partial charge in [0.25, 0.3) is 0 Å². The van der Waals surface area contributed by atoms with Crippen LogP contribution in [0.3, 0.4) is 0 Å². The number of hydrogen-bond acceptors (Lipinski definition) is 3. The zero-order valence-electron chi connectivity index (χ0n) is 11.8. The normalized spacial score (nSPS) is 10.3. The van der Waals surface area contributed by atoms with Gasteiger partial charge in [0.2, 0.25) is 0 Å². The fourth-order valence-corrected chi connectivity index (χ4v) is 2.36. The molecule has 0 amide bonds. The predicted octanol–water partition coefficient (Wildman–Crippen LogP) is 4.03. The fraction of sp³-hybridized carbons (Fsp3) is 0.111. The number of rotatable bonds is 3. The van der Waals surface area contributed by atoms with Crippen molar-refractivity contribution in [1.82, 2.24) is 4.98 Å². The van der Waals surface area contributed by atoms with Gasteiger partial charge in [-0.3, -0.25) is 4.98 Å². The topological polar surface area (TPSA) is 48.7 Å². The predicted molar refractivity (Wildman–Crippen MR) is 85.0 cm³/mol. The average molecular weight is 273 g/mol. The molecule has 0 aliphatic rings. The van der Waals surface area contributed by atoms with E-state index in [0.29, 0.717) is 12.1 Å². The van der Waals surface area contributed by atoms with Crippen LogP contribution >= 0.6 is 0 Å². The van der Waals surface area contributed by atoms with Gasteiger partial charge in [0.1, 0.15) is 6.07 Å². The third-order valence-corrected chi connectivity index (χ3v) is 3.50. The summed E-state index contributed by atoms with van der Waals surface area (Å²) in [4.78, 5) is 4.62. The van der Waals surface area contributed by atoms with Crippen LogP contribution in [0, 0.1) is 18.3 Å². The molecule has 0 aliphatic heterocycles. The monoisotopic (exact) mass is 273 g/mol. The van der Waals surface area contributed by atoms with E-state index in [-0.39, 0.29) is 0 Å². The second-order valence-corrected chi connectivity index (χ2v) is 4.96. The summed E-state index contributed by atoms with van der Waals surface area (Å²) < 4.78 is 0. The van der Waals surface area contributed by atoms with Gasteiger partial charge >= 0.3 is 0 Å². The van der Waals surface area contributed by atoms with Crippen molar-refractivity contribution in [2.24, 2.45) is 0 Å². The maximum atomic E-state index is 9.23. The van der Waals surface area contributed by atoms with Gasteiger partial charge in [-0.25, -0.2) is 0 Å². The standard InChI is InChI=1S/C18H15N3/c1-13-5-4-8-18(16(13)11-19)20-12-15-10-9-14-6-2-3-7-17(14)21-15/h2-10,20H,12H2,1H3. The van der Waals surface area contributed by atoms with E-state index in [1.165, 1.54) is 0 Å². The van der Waals surface area contributed by atoms with Gasteiger partial charge in [-0.2, -0.15) is 5.26 Å². The highest BCUT2D eigenvalue weighted by Crippen LogP contribution is 2.19. The molecule has 3 aromatic rings. The van der Waals surface area contributed by atoms with Gasteiger partial charge in [-0.1, -0.05) is 36.4 Å². The van der Waals surface area contributed by atoms with Crippen LogP contribution in [-0.2, 0) is 6.54 Å². The minimum Gasteiger partial charge on any atom is -0.378 e. The van der Waals surface area contributed by atoms with Crippen molar-refractivity contribution in [2.45, 2.75) is 13.5 Å². The Morgan fingerprint density at radius 2 is 1.90 bits per heavy atom. The van der Waals surface area contributed by atoms with Gasteiger partial charge < -0.3 is 5.32 Å². The number of anilines is 1. The molecule has 0 radical (unpaired) electrons. The van der Waals surface area contributed by atoms with E-state index in [9.17, 15) is 5.26 Å². The lowest BCUT2D eigenvalue weighted by Crippen LogP contribution is -2.04. The first-order chi connectivity index (χ1) is 10.3. The lowest BCUT2D eigenvalue weighted by atomic mass is 10.1. The zero-order valence-corrected chi connectivity index (χ0v) is 11.8. The third-order valence-electron chi connectivity index (χ3n) is 3.50. The van der Waals surface area contributed by atoms with Crippen molar-refractivity contribution < 1.29 is 0 Å². The Hall–Kier alpha value is -2.86. The highest BCUT2D eigenvalue weighted by Gasteiger charge is 2.05. The van der Waals surface area contributed by atoms with Crippen LogP contribution < -0.4 is 5.32 Å². The summed E-state index contributed by atoms with van der Waals surface area (Å²) in [5.41, 5.74) is 4.47. The molecule has 21 heavy (non-hydrogen) atoms. The lowest BCUT2D eigenvalue weighted by Gasteiger charge is -2.10. The first-order valence-corrected chi connectivity index (χ1v) is 6.86. The quantitative estimate of drug-likeness (QED) is 0.783. The van der Waals surface area contributed by atoms with Crippen LogP contribution in [0.4, 0.5) is 5.69 Å². The van der Waals surface area contributed by atoms with E-state index < -0.39 is 0 Å². The van der Waals surface area contributed by atoms with Crippen molar-refractivity contribution in [3.05, 3.63) is 71.4 Å². The molecule has 3 nitrogen and oxygen atoms in total. The summed E-state index contributed by atoms with van der Waals surface area (Å²) in [6.45, 7) is 2.54. The van der Waals surface area contributed by atoms with Gasteiger partial charge in [0.15, 0.2) is 0 Å². The number of pyridine rings is 1. The first-order valence-electron chi connectivity index (χ1n) is 6.86. The fourth-order valence-electron chi connectivity index (χ4n) is 2.36. The average Bonchev–Trinajstić information content (AvgIpc) is 2.52. The van der Waals surface area contributed by atoms with Crippen LogP contribution in [0.5, 0.6) is 0 Å². The summed E-state index contributed by atoms with van der Waals surface area (Å²) >= 11 is 0. The van der Waals surface area contributed by atoms with E-state index in [1.54, 1.807) is 0 Å². The molecule has 0 saturated carbocycles. The van der Waals surface area contributed by atoms with E-state index in [1.807, 2.05) is 55.5 Å².